The fraction of sp³-hybridized carbons (Fsp3) is 0.300. The Morgan fingerprint density at radius 1 is 1.47 bits per heavy atom. The molecule has 7 heteroatoms. The van der Waals surface area contributed by atoms with Crippen LogP contribution in [0.3, 0.4) is 0 Å². The van der Waals surface area contributed by atoms with Gasteiger partial charge in [-0.25, -0.2) is 12.8 Å². The maximum atomic E-state index is 13.2. The number of sulfonamides is 1. The van der Waals surface area contributed by atoms with E-state index in [9.17, 15) is 12.8 Å². The highest BCUT2D eigenvalue weighted by atomic mass is 35.5. The van der Waals surface area contributed by atoms with Gasteiger partial charge in [-0.1, -0.05) is 6.07 Å². The van der Waals surface area contributed by atoms with Gasteiger partial charge in [0, 0.05) is 5.88 Å². The molecule has 1 rings (SSSR count). The highest BCUT2D eigenvalue weighted by Crippen LogP contribution is 2.19. The van der Waals surface area contributed by atoms with Crippen molar-refractivity contribution < 1.29 is 12.8 Å². The van der Waals surface area contributed by atoms with Gasteiger partial charge in [0.1, 0.15) is 17.4 Å². The largest absolute Gasteiger partial charge is 0.282 e. The predicted octanol–water partition coefficient (Wildman–Crippen LogP) is 2.07. The number of anilines is 1. The molecule has 1 N–H and O–H groups in total. The van der Waals surface area contributed by atoms with Crippen molar-refractivity contribution >= 4 is 27.3 Å². The Morgan fingerprint density at radius 3 is 2.76 bits per heavy atom. The monoisotopic (exact) mass is 276 g/mol. The topological polar surface area (TPSA) is 70.0 Å². The van der Waals surface area contributed by atoms with Crippen LogP contribution in [0, 0.1) is 17.1 Å². The second kappa shape index (κ2) is 5.84. The van der Waals surface area contributed by atoms with E-state index in [1.807, 2.05) is 0 Å². The Kier molecular flexibility index (Phi) is 4.73. The second-order valence-electron chi connectivity index (χ2n) is 3.24. The lowest BCUT2D eigenvalue weighted by Crippen LogP contribution is -2.18. The molecule has 0 bridgehead atoms. The third-order valence-electron chi connectivity index (χ3n) is 1.94. The highest BCUT2D eigenvalue weighted by molar-refractivity contribution is 7.92. The SMILES string of the molecule is N#Cc1c(F)cccc1NS(=O)(=O)CCCCl. The van der Waals surface area contributed by atoms with E-state index < -0.39 is 15.8 Å². The minimum atomic E-state index is -3.60. The quantitative estimate of drug-likeness (QED) is 0.837. The first-order valence-corrected chi connectivity index (χ1v) is 6.94. The lowest BCUT2D eigenvalue weighted by molar-refractivity contribution is 0.599. The van der Waals surface area contributed by atoms with Crippen LogP contribution in [-0.2, 0) is 10.0 Å². The Balaban J connectivity index is 2.97. The number of hydrogen-bond donors (Lipinski definition) is 1. The predicted molar refractivity (Wildman–Crippen MR) is 63.9 cm³/mol. The van der Waals surface area contributed by atoms with Crippen molar-refractivity contribution in [1.29, 1.82) is 5.26 Å². The van der Waals surface area contributed by atoms with Crippen LogP contribution < -0.4 is 4.72 Å². The minimum Gasteiger partial charge on any atom is -0.282 e. The minimum absolute atomic E-state index is 0.0536. The van der Waals surface area contributed by atoms with Crippen molar-refractivity contribution in [2.45, 2.75) is 6.42 Å². The summed E-state index contributed by atoms with van der Waals surface area (Å²) in [4.78, 5) is 0. The number of halogens is 2. The molecule has 0 unspecified atom stereocenters. The molecule has 17 heavy (non-hydrogen) atoms. The molecule has 0 aliphatic rings. The third kappa shape index (κ3) is 3.88. The molecule has 0 atom stereocenters. The smallest absolute Gasteiger partial charge is 0.232 e. The summed E-state index contributed by atoms with van der Waals surface area (Å²) in [6.07, 6.45) is 0.286. The van der Waals surface area contributed by atoms with Gasteiger partial charge in [-0.3, -0.25) is 4.72 Å². The van der Waals surface area contributed by atoms with Crippen molar-refractivity contribution in [3.63, 3.8) is 0 Å². The van der Waals surface area contributed by atoms with Crippen molar-refractivity contribution in [2.75, 3.05) is 16.4 Å². The van der Waals surface area contributed by atoms with Crippen LogP contribution in [0.4, 0.5) is 10.1 Å². The standard InChI is InChI=1S/C10H10ClFN2O2S/c11-5-2-6-17(15,16)14-10-4-1-3-9(12)8(10)7-13/h1,3-4,14H,2,5-6H2. The van der Waals surface area contributed by atoms with Crippen LogP contribution in [0.1, 0.15) is 12.0 Å². The van der Waals surface area contributed by atoms with Gasteiger partial charge >= 0.3 is 0 Å². The number of nitrogens with zero attached hydrogens (tertiary/aromatic N) is 1. The fourth-order valence-electron chi connectivity index (χ4n) is 1.19. The van der Waals surface area contributed by atoms with E-state index in [2.05, 4.69) is 4.72 Å². The van der Waals surface area contributed by atoms with E-state index >= 15 is 0 Å². The molecular weight excluding hydrogens is 267 g/mol. The van der Waals surface area contributed by atoms with Crippen molar-refractivity contribution in [1.82, 2.24) is 0 Å². The molecule has 0 amide bonds. The first-order valence-electron chi connectivity index (χ1n) is 4.75. The molecule has 0 radical (unpaired) electrons. The maximum absolute atomic E-state index is 13.2. The summed E-state index contributed by atoms with van der Waals surface area (Å²) in [5.74, 6) is -0.711. The van der Waals surface area contributed by atoms with Gasteiger partial charge in [0.05, 0.1) is 11.4 Å². The molecule has 0 aliphatic heterocycles. The third-order valence-corrected chi connectivity index (χ3v) is 3.56. The normalized spacial score (nSPS) is 10.9. The molecule has 0 saturated carbocycles. The van der Waals surface area contributed by atoms with Crippen LogP contribution in [0.15, 0.2) is 18.2 Å². The number of nitriles is 1. The molecule has 0 aliphatic carbocycles. The van der Waals surface area contributed by atoms with Gasteiger partial charge in [-0.2, -0.15) is 5.26 Å². The Hall–Kier alpha value is -1.32. The summed E-state index contributed by atoms with van der Waals surface area (Å²) >= 11 is 5.39. The number of benzene rings is 1. The maximum Gasteiger partial charge on any atom is 0.232 e. The lowest BCUT2D eigenvalue weighted by Gasteiger charge is -2.08. The number of hydrogen-bond acceptors (Lipinski definition) is 3. The summed E-state index contributed by atoms with van der Waals surface area (Å²) in [6, 6.07) is 5.37. The molecule has 0 spiro atoms. The molecule has 0 heterocycles. The number of nitrogens with one attached hydrogen (secondary N) is 1. The summed E-state index contributed by atoms with van der Waals surface area (Å²) in [5.41, 5.74) is -0.371. The number of rotatable bonds is 5. The Morgan fingerprint density at radius 2 is 2.18 bits per heavy atom. The van der Waals surface area contributed by atoms with Crippen molar-refractivity contribution in [3.8, 4) is 6.07 Å². The summed E-state index contributed by atoms with van der Waals surface area (Å²) in [7, 11) is -3.60. The Bertz CT molecular complexity index is 540. The first kappa shape index (κ1) is 13.7. The van der Waals surface area contributed by atoms with E-state index in [0.717, 1.165) is 6.07 Å². The summed E-state index contributed by atoms with van der Waals surface area (Å²) in [5, 5.41) is 8.73. The molecule has 0 fully saturated rings. The average molecular weight is 277 g/mol. The molecule has 1 aromatic carbocycles. The molecular formula is C10H10ClFN2O2S. The van der Waals surface area contributed by atoms with Crippen LogP contribution in [-0.4, -0.2) is 20.1 Å². The molecule has 4 nitrogen and oxygen atoms in total. The van der Waals surface area contributed by atoms with Crippen molar-refractivity contribution in [2.24, 2.45) is 0 Å². The van der Waals surface area contributed by atoms with Gasteiger partial charge in [0.25, 0.3) is 0 Å². The van der Waals surface area contributed by atoms with E-state index in [-0.39, 0.29) is 29.3 Å². The van der Waals surface area contributed by atoms with Crippen molar-refractivity contribution in [3.05, 3.63) is 29.6 Å². The van der Waals surface area contributed by atoms with E-state index in [1.54, 1.807) is 6.07 Å². The molecule has 0 saturated heterocycles. The zero-order valence-corrected chi connectivity index (χ0v) is 10.4. The van der Waals surface area contributed by atoms with Gasteiger partial charge in [-0.15, -0.1) is 11.6 Å². The van der Waals surface area contributed by atoms with E-state index in [0.29, 0.717) is 0 Å². The van der Waals surface area contributed by atoms with Gasteiger partial charge < -0.3 is 0 Å². The molecule has 1 aromatic rings. The van der Waals surface area contributed by atoms with Gasteiger partial charge in [-0.05, 0) is 18.6 Å². The molecule has 0 aromatic heterocycles. The van der Waals surface area contributed by atoms with Gasteiger partial charge in [0.2, 0.25) is 10.0 Å². The lowest BCUT2D eigenvalue weighted by atomic mass is 10.2. The first-order chi connectivity index (χ1) is 8.00. The summed E-state index contributed by atoms with van der Waals surface area (Å²) < 4.78 is 38.4. The van der Waals surface area contributed by atoms with Crippen LogP contribution in [0.2, 0.25) is 0 Å². The summed E-state index contributed by atoms with van der Waals surface area (Å²) in [6.45, 7) is 0. The van der Waals surface area contributed by atoms with E-state index in [4.69, 9.17) is 16.9 Å². The highest BCUT2D eigenvalue weighted by Gasteiger charge is 2.14. The van der Waals surface area contributed by atoms with Crippen LogP contribution in [0.25, 0.3) is 0 Å². The zero-order chi connectivity index (χ0) is 12.9. The van der Waals surface area contributed by atoms with Crippen LogP contribution in [0.5, 0.6) is 0 Å². The average Bonchev–Trinajstić information content (AvgIpc) is 2.26. The zero-order valence-electron chi connectivity index (χ0n) is 8.78. The Labute approximate surface area is 104 Å². The fourth-order valence-corrected chi connectivity index (χ4v) is 2.61. The van der Waals surface area contributed by atoms with E-state index in [1.165, 1.54) is 12.1 Å². The van der Waals surface area contributed by atoms with Gasteiger partial charge in [0.15, 0.2) is 0 Å². The van der Waals surface area contributed by atoms with Crippen LogP contribution >= 0.6 is 11.6 Å². The molecule has 92 valence electrons. The number of alkyl halides is 1. The second-order valence-corrected chi connectivity index (χ2v) is 5.46.